The minimum atomic E-state index is -4.34. The average molecular weight is 864 g/mol. The third kappa shape index (κ3) is 44.3. The number of hydrogen-bond donors (Lipinski definition) is 3. The van der Waals surface area contributed by atoms with Crippen molar-refractivity contribution in [3.8, 4) is 0 Å². The first-order valence-corrected chi connectivity index (χ1v) is 26.2. The van der Waals surface area contributed by atoms with Gasteiger partial charge in [-0.1, -0.05) is 203 Å². The van der Waals surface area contributed by atoms with Gasteiger partial charge in [0.2, 0.25) is 5.91 Å². The summed E-state index contributed by atoms with van der Waals surface area (Å²) in [5, 5.41) is 13.8. The van der Waals surface area contributed by atoms with E-state index >= 15 is 0 Å². The molecule has 9 heteroatoms. The first-order chi connectivity index (χ1) is 29.0. The number of nitrogens with one attached hydrogen (secondary N) is 1. The third-order valence-electron chi connectivity index (χ3n) is 10.7. The van der Waals surface area contributed by atoms with Crippen LogP contribution < -0.4 is 5.32 Å². The Balaban J connectivity index is 4.16. The number of phosphoric ester groups is 1. The summed E-state index contributed by atoms with van der Waals surface area (Å²) in [6.45, 7) is 4.68. The molecule has 0 fully saturated rings. The Bertz CT molecular complexity index is 1160. The SMILES string of the molecule is CC/C=C\C/C=C\C/C=C\C/C=C\CCCCCCCCCCCCCCCCC(=O)NC(COP(=O)(O)OCC[N+](C)(C)C)C(O)/C=C/CCCCCCCCCCC. The van der Waals surface area contributed by atoms with Crippen molar-refractivity contribution in [2.75, 3.05) is 40.9 Å². The second kappa shape index (κ2) is 42.5. The molecule has 0 spiro atoms. The van der Waals surface area contributed by atoms with Crippen LogP contribution in [-0.2, 0) is 18.4 Å². The van der Waals surface area contributed by atoms with Gasteiger partial charge in [0.05, 0.1) is 39.9 Å². The fourth-order valence-corrected chi connectivity index (χ4v) is 7.59. The van der Waals surface area contributed by atoms with E-state index in [4.69, 9.17) is 9.05 Å². The molecule has 0 aromatic heterocycles. The zero-order valence-electron chi connectivity index (χ0n) is 39.7. The van der Waals surface area contributed by atoms with Crippen molar-refractivity contribution in [3.05, 3.63) is 60.8 Å². The zero-order chi connectivity index (χ0) is 44.3. The topological polar surface area (TPSA) is 105 Å². The van der Waals surface area contributed by atoms with Crippen LogP contribution in [-0.4, -0.2) is 73.4 Å². The van der Waals surface area contributed by atoms with Gasteiger partial charge in [0.1, 0.15) is 13.2 Å². The molecule has 0 aliphatic rings. The molecule has 0 aromatic rings. The molecular weight excluding hydrogens is 768 g/mol. The average Bonchev–Trinajstić information content (AvgIpc) is 3.20. The molecular formula is C51H96N2O6P+. The second-order valence-corrected chi connectivity index (χ2v) is 19.3. The summed E-state index contributed by atoms with van der Waals surface area (Å²) in [6, 6.07) is -0.846. The summed E-state index contributed by atoms with van der Waals surface area (Å²) in [5.74, 6) is -0.181. The Hall–Kier alpha value is -1.80. The fourth-order valence-electron chi connectivity index (χ4n) is 6.86. The van der Waals surface area contributed by atoms with E-state index in [1.54, 1.807) is 6.08 Å². The van der Waals surface area contributed by atoms with Crippen LogP contribution in [0.3, 0.4) is 0 Å². The summed E-state index contributed by atoms with van der Waals surface area (Å²) in [4.78, 5) is 23.1. The number of carbonyl (C=O) groups is 1. The van der Waals surface area contributed by atoms with E-state index in [-0.39, 0.29) is 19.1 Å². The molecule has 0 saturated carbocycles. The number of quaternary nitrogens is 1. The van der Waals surface area contributed by atoms with Gasteiger partial charge in [-0.15, -0.1) is 0 Å². The molecule has 0 bridgehead atoms. The number of unbranched alkanes of at least 4 members (excludes halogenated alkanes) is 23. The van der Waals surface area contributed by atoms with Gasteiger partial charge in [0, 0.05) is 6.42 Å². The van der Waals surface area contributed by atoms with Crippen molar-refractivity contribution in [2.45, 2.75) is 219 Å². The lowest BCUT2D eigenvalue weighted by Gasteiger charge is -2.25. The van der Waals surface area contributed by atoms with E-state index < -0.39 is 20.0 Å². The number of likely N-dealkylation sites (N-methyl/N-ethyl adjacent to an activating group) is 1. The number of phosphoric acid groups is 1. The molecule has 0 aliphatic carbocycles. The maximum Gasteiger partial charge on any atom is 0.472 e. The largest absolute Gasteiger partial charge is 0.472 e. The zero-order valence-corrected chi connectivity index (χ0v) is 40.6. The van der Waals surface area contributed by atoms with Crippen LogP contribution in [0, 0.1) is 0 Å². The Kier molecular flexibility index (Phi) is 41.2. The number of aliphatic hydroxyl groups excluding tert-OH is 1. The molecule has 8 nitrogen and oxygen atoms in total. The van der Waals surface area contributed by atoms with Crippen molar-refractivity contribution >= 4 is 13.7 Å². The molecule has 0 aliphatic heterocycles. The lowest BCUT2D eigenvalue weighted by atomic mass is 10.0. The second-order valence-electron chi connectivity index (χ2n) is 17.8. The quantitative estimate of drug-likeness (QED) is 0.0244. The minimum Gasteiger partial charge on any atom is -0.387 e. The summed E-state index contributed by atoms with van der Waals surface area (Å²) in [6.07, 6.45) is 55.9. The van der Waals surface area contributed by atoms with Crippen molar-refractivity contribution in [1.29, 1.82) is 0 Å². The highest BCUT2D eigenvalue weighted by Gasteiger charge is 2.27. The van der Waals surface area contributed by atoms with Crippen LogP contribution in [0.1, 0.15) is 206 Å². The summed E-state index contributed by atoms with van der Waals surface area (Å²) in [5.41, 5.74) is 0. The molecule has 60 heavy (non-hydrogen) atoms. The van der Waals surface area contributed by atoms with Gasteiger partial charge in [0.15, 0.2) is 0 Å². The monoisotopic (exact) mass is 864 g/mol. The number of rotatable bonds is 44. The highest BCUT2D eigenvalue weighted by Crippen LogP contribution is 2.43. The van der Waals surface area contributed by atoms with Crippen LogP contribution in [0.2, 0.25) is 0 Å². The molecule has 1 amide bonds. The minimum absolute atomic E-state index is 0.0600. The normalized spacial score (nSPS) is 14.7. The van der Waals surface area contributed by atoms with Gasteiger partial charge < -0.3 is 19.8 Å². The molecule has 3 N–H and O–H groups in total. The van der Waals surface area contributed by atoms with Gasteiger partial charge >= 0.3 is 7.82 Å². The first-order valence-electron chi connectivity index (χ1n) is 24.7. The van der Waals surface area contributed by atoms with Crippen LogP contribution in [0.4, 0.5) is 0 Å². The molecule has 3 atom stereocenters. The summed E-state index contributed by atoms with van der Waals surface area (Å²) in [7, 11) is 1.57. The van der Waals surface area contributed by atoms with E-state index in [0.29, 0.717) is 17.4 Å². The van der Waals surface area contributed by atoms with E-state index in [9.17, 15) is 19.4 Å². The predicted molar refractivity (Wildman–Crippen MR) is 258 cm³/mol. The number of carbonyl (C=O) groups excluding carboxylic acids is 1. The molecule has 0 rings (SSSR count). The summed E-state index contributed by atoms with van der Waals surface area (Å²) < 4.78 is 23.6. The van der Waals surface area contributed by atoms with Gasteiger partial charge in [-0.25, -0.2) is 4.57 Å². The number of amides is 1. The highest BCUT2D eigenvalue weighted by molar-refractivity contribution is 7.47. The maximum atomic E-state index is 12.9. The number of aliphatic hydroxyl groups is 1. The van der Waals surface area contributed by atoms with Crippen molar-refractivity contribution in [3.63, 3.8) is 0 Å². The van der Waals surface area contributed by atoms with Crippen molar-refractivity contribution in [2.24, 2.45) is 0 Å². The van der Waals surface area contributed by atoms with E-state index in [0.717, 1.165) is 64.2 Å². The van der Waals surface area contributed by atoms with E-state index in [2.05, 4.69) is 67.8 Å². The Morgan fingerprint density at radius 1 is 0.583 bits per heavy atom. The van der Waals surface area contributed by atoms with E-state index in [1.165, 1.54) is 122 Å². The summed E-state index contributed by atoms with van der Waals surface area (Å²) >= 11 is 0. The smallest absolute Gasteiger partial charge is 0.387 e. The van der Waals surface area contributed by atoms with Crippen molar-refractivity contribution in [1.82, 2.24) is 5.32 Å². The van der Waals surface area contributed by atoms with Gasteiger partial charge in [-0.2, -0.15) is 0 Å². The Morgan fingerprint density at radius 2 is 1.00 bits per heavy atom. The fraction of sp³-hybridized carbons (Fsp3) is 0.784. The Morgan fingerprint density at radius 3 is 1.47 bits per heavy atom. The lowest BCUT2D eigenvalue weighted by molar-refractivity contribution is -0.870. The third-order valence-corrected chi connectivity index (χ3v) is 11.7. The van der Waals surface area contributed by atoms with Gasteiger partial charge in [0.25, 0.3) is 0 Å². The predicted octanol–water partition coefficient (Wildman–Crippen LogP) is 14.2. The number of allylic oxidation sites excluding steroid dienone is 9. The molecule has 0 aromatic carbocycles. The number of hydrogen-bond acceptors (Lipinski definition) is 5. The van der Waals surface area contributed by atoms with Crippen LogP contribution in [0.25, 0.3) is 0 Å². The van der Waals surface area contributed by atoms with E-state index in [1.807, 2.05) is 27.2 Å². The number of nitrogens with zero attached hydrogens (tertiary/aromatic N) is 1. The molecule has 0 radical (unpaired) electrons. The Labute approximate surface area is 371 Å². The molecule has 0 saturated heterocycles. The standard InChI is InChI=1S/C51H95N2O6P/c1-6-8-10-12-14-16-18-19-20-21-22-23-24-25-26-27-28-29-30-31-32-33-35-37-39-41-43-45-51(55)52-49(48-59-60(56,57)58-47-46-53(3,4)5)50(54)44-42-40-38-36-34-17-15-13-11-9-7-2/h8,10,14,16,19-20,22-23,42,44,49-50,54H,6-7,9,11-13,15,17-18,21,24-41,43,45-48H2,1-5H3,(H-,52,55,56,57)/p+1/b10-8-,16-14-,20-19-,23-22-,44-42+. The van der Waals surface area contributed by atoms with Gasteiger partial charge in [-0.05, 0) is 57.8 Å². The molecule has 350 valence electrons. The maximum absolute atomic E-state index is 12.9. The van der Waals surface area contributed by atoms with Crippen LogP contribution in [0.15, 0.2) is 60.8 Å². The van der Waals surface area contributed by atoms with Crippen LogP contribution in [0.5, 0.6) is 0 Å². The first kappa shape index (κ1) is 58.2. The van der Waals surface area contributed by atoms with Crippen molar-refractivity contribution < 1.29 is 32.9 Å². The molecule has 3 unspecified atom stereocenters. The van der Waals surface area contributed by atoms with Gasteiger partial charge in [-0.3, -0.25) is 13.8 Å². The van der Waals surface area contributed by atoms with Crippen LogP contribution >= 0.6 is 7.82 Å². The lowest BCUT2D eigenvalue weighted by Crippen LogP contribution is -2.45. The molecule has 0 heterocycles. The highest BCUT2D eigenvalue weighted by atomic mass is 31.2.